The van der Waals surface area contributed by atoms with E-state index in [-0.39, 0.29) is 0 Å². The minimum atomic E-state index is 0.538. The molecular formula is C13H17NO. The van der Waals surface area contributed by atoms with Crippen LogP contribution in [0.25, 0.3) is 0 Å². The minimum absolute atomic E-state index is 0.538. The molecule has 2 atom stereocenters. The number of likely N-dealkylation sites (tertiary alicyclic amines) is 1. The Morgan fingerprint density at radius 3 is 2.80 bits per heavy atom. The van der Waals surface area contributed by atoms with Crippen LogP contribution in [-0.4, -0.2) is 30.2 Å². The van der Waals surface area contributed by atoms with E-state index in [1.54, 1.807) is 0 Å². The number of hydrogen-bond acceptors (Lipinski definition) is 2. The lowest BCUT2D eigenvalue weighted by Gasteiger charge is -2.22. The van der Waals surface area contributed by atoms with Gasteiger partial charge in [0.2, 0.25) is 0 Å². The maximum Gasteiger partial charge on any atom is 0.0964 e. The summed E-state index contributed by atoms with van der Waals surface area (Å²) >= 11 is 0. The minimum Gasteiger partial charge on any atom is -0.371 e. The molecule has 1 aromatic carbocycles. The number of ether oxygens (including phenoxy) is 1. The van der Waals surface area contributed by atoms with Crippen molar-refractivity contribution in [2.75, 3.05) is 13.2 Å². The van der Waals surface area contributed by atoms with E-state index >= 15 is 0 Å². The summed E-state index contributed by atoms with van der Waals surface area (Å²) in [6, 6.07) is 11.4. The molecule has 2 aliphatic heterocycles. The van der Waals surface area contributed by atoms with Crippen molar-refractivity contribution < 1.29 is 4.74 Å². The molecule has 0 bridgehead atoms. The molecular weight excluding hydrogens is 186 g/mol. The lowest BCUT2D eigenvalue weighted by Crippen LogP contribution is -2.33. The first-order valence-corrected chi connectivity index (χ1v) is 5.83. The van der Waals surface area contributed by atoms with Crippen LogP contribution in [0.4, 0.5) is 0 Å². The van der Waals surface area contributed by atoms with Gasteiger partial charge in [0.15, 0.2) is 0 Å². The average Bonchev–Trinajstić information content (AvgIpc) is 3.02. The SMILES string of the molecule is c1ccc(CN2CCC[C@@H]2[C@H]2CO2)cc1. The van der Waals surface area contributed by atoms with E-state index in [9.17, 15) is 0 Å². The number of benzene rings is 1. The lowest BCUT2D eigenvalue weighted by molar-refractivity contribution is 0.201. The first kappa shape index (κ1) is 9.37. The predicted octanol–water partition coefficient (Wildman–Crippen LogP) is 2.05. The van der Waals surface area contributed by atoms with Crippen molar-refractivity contribution in [3.05, 3.63) is 35.9 Å². The van der Waals surface area contributed by atoms with Crippen molar-refractivity contribution in [1.29, 1.82) is 0 Å². The van der Waals surface area contributed by atoms with Gasteiger partial charge < -0.3 is 4.74 Å². The Morgan fingerprint density at radius 2 is 2.07 bits per heavy atom. The molecule has 1 aromatic rings. The normalized spacial score (nSPS) is 30.7. The summed E-state index contributed by atoms with van der Waals surface area (Å²) in [5.41, 5.74) is 1.42. The summed E-state index contributed by atoms with van der Waals surface area (Å²) in [5.74, 6) is 0. The maximum absolute atomic E-state index is 5.42. The van der Waals surface area contributed by atoms with Crippen LogP contribution in [0.2, 0.25) is 0 Å². The van der Waals surface area contributed by atoms with Gasteiger partial charge in [-0.2, -0.15) is 0 Å². The average molecular weight is 203 g/mol. The summed E-state index contributed by atoms with van der Waals surface area (Å²) < 4.78 is 5.42. The molecule has 2 saturated heterocycles. The fourth-order valence-electron chi connectivity index (χ4n) is 2.56. The molecule has 0 N–H and O–H groups in total. The van der Waals surface area contributed by atoms with Gasteiger partial charge in [0.1, 0.15) is 0 Å². The predicted molar refractivity (Wildman–Crippen MR) is 59.6 cm³/mol. The Hall–Kier alpha value is -0.860. The van der Waals surface area contributed by atoms with Crippen molar-refractivity contribution in [3.8, 4) is 0 Å². The molecule has 2 heterocycles. The number of epoxide rings is 1. The van der Waals surface area contributed by atoms with Crippen LogP contribution >= 0.6 is 0 Å². The van der Waals surface area contributed by atoms with Gasteiger partial charge in [-0.1, -0.05) is 30.3 Å². The highest BCUT2D eigenvalue weighted by Crippen LogP contribution is 2.29. The van der Waals surface area contributed by atoms with E-state index in [4.69, 9.17) is 4.74 Å². The zero-order valence-corrected chi connectivity index (χ0v) is 8.93. The van der Waals surface area contributed by atoms with Crippen molar-refractivity contribution in [2.45, 2.75) is 31.5 Å². The number of rotatable bonds is 3. The number of nitrogens with zero attached hydrogens (tertiary/aromatic N) is 1. The van der Waals surface area contributed by atoms with Crippen LogP contribution in [-0.2, 0) is 11.3 Å². The molecule has 0 spiro atoms. The zero-order chi connectivity index (χ0) is 10.1. The summed E-state index contributed by atoms with van der Waals surface area (Å²) in [5, 5.41) is 0. The Bertz CT molecular complexity index is 321. The second-order valence-electron chi connectivity index (χ2n) is 4.54. The van der Waals surface area contributed by atoms with Gasteiger partial charge in [0, 0.05) is 12.6 Å². The van der Waals surface area contributed by atoms with Crippen LogP contribution in [0.3, 0.4) is 0 Å². The van der Waals surface area contributed by atoms with E-state index in [0.29, 0.717) is 12.1 Å². The van der Waals surface area contributed by atoms with Crippen molar-refractivity contribution in [2.24, 2.45) is 0 Å². The van der Waals surface area contributed by atoms with Crippen LogP contribution in [0.15, 0.2) is 30.3 Å². The Balaban J connectivity index is 1.67. The van der Waals surface area contributed by atoms with Crippen molar-refractivity contribution in [1.82, 2.24) is 4.90 Å². The summed E-state index contributed by atoms with van der Waals surface area (Å²) in [6.07, 6.45) is 3.19. The molecule has 2 heteroatoms. The molecule has 0 aliphatic carbocycles. The third-order valence-corrected chi connectivity index (χ3v) is 3.43. The Morgan fingerprint density at radius 1 is 1.27 bits per heavy atom. The zero-order valence-electron chi connectivity index (χ0n) is 8.93. The van der Waals surface area contributed by atoms with Gasteiger partial charge in [-0.3, -0.25) is 4.90 Å². The van der Waals surface area contributed by atoms with Gasteiger partial charge in [-0.05, 0) is 24.9 Å². The summed E-state index contributed by atoms with van der Waals surface area (Å²) in [4.78, 5) is 2.58. The molecule has 2 aliphatic rings. The lowest BCUT2D eigenvalue weighted by atomic mass is 10.1. The van der Waals surface area contributed by atoms with Crippen LogP contribution < -0.4 is 0 Å². The molecule has 0 amide bonds. The smallest absolute Gasteiger partial charge is 0.0964 e. The van der Waals surface area contributed by atoms with E-state index in [1.807, 2.05) is 0 Å². The fourth-order valence-corrected chi connectivity index (χ4v) is 2.56. The molecule has 0 unspecified atom stereocenters. The van der Waals surface area contributed by atoms with Gasteiger partial charge in [-0.15, -0.1) is 0 Å². The van der Waals surface area contributed by atoms with Crippen LogP contribution in [0, 0.1) is 0 Å². The molecule has 0 aromatic heterocycles. The van der Waals surface area contributed by atoms with Gasteiger partial charge in [0.05, 0.1) is 12.7 Å². The molecule has 2 fully saturated rings. The first-order chi connectivity index (χ1) is 7.43. The maximum atomic E-state index is 5.42. The Kier molecular flexibility index (Phi) is 2.47. The van der Waals surface area contributed by atoms with Gasteiger partial charge in [0.25, 0.3) is 0 Å². The van der Waals surface area contributed by atoms with Crippen molar-refractivity contribution >= 4 is 0 Å². The third-order valence-electron chi connectivity index (χ3n) is 3.43. The highest BCUT2D eigenvalue weighted by molar-refractivity contribution is 5.15. The second kappa shape index (κ2) is 3.95. The topological polar surface area (TPSA) is 15.8 Å². The highest BCUT2D eigenvalue weighted by Gasteiger charge is 2.39. The standard InChI is InChI=1S/C13H17NO/c1-2-5-11(6-3-1)9-14-8-4-7-12(14)13-10-15-13/h1-3,5-6,12-13H,4,7-10H2/t12-,13-/m1/s1. The Labute approximate surface area is 90.8 Å². The third kappa shape index (κ3) is 2.06. The summed E-state index contributed by atoms with van der Waals surface area (Å²) in [7, 11) is 0. The van der Waals surface area contributed by atoms with E-state index in [0.717, 1.165) is 13.2 Å². The fraction of sp³-hybridized carbons (Fsp3) is 0.538. The molecule has 0 saturated carbocycles. The molecule has 3 rings (SSSR count). The molecule has 2 nitrogen and oxygen atoms in total. The van der Waals surface area contributed by atoms with E-state index in [1.165, 1.54) is 24.9 Å². The second-order valence-corrected chi connectivity index (χ2v) is 4.54. The summed E-state index contributed by atoms with van der Waals surface area (Å²) in [6.45, 7) is 3.31. The highest BCUT2D eigenvalue weighted by atomic mass is 16.6. The van der Waals surface area contributed by atoms with E-state index in [2.05, 4.69) is 35.2 Å². The van der Waals surface area contributed by atoms with Gasteiger partial charge >= 0.3 is 0 Å². The number of hydrogen-bond donors (Lipinski definition) is 0. The van der Waals surface area contributed by atoms with Crippen molar-refractivity contribution in [3.63, 3.8) is 0 Å². The molecule has 15 heavy (non-hydrogen) atoms. The van der Waals surface area contributed by atoms with Crippen LogP contribution in [0.1, 0.15) is 18.4 Å². The van der Waals surface area contributed by atoms with E-state index < -0.39 is 0 Å². The quantitative estimate of drug-likeness (QED) is 0.699. The molecule has 0 radical (unpaired) electrons. The first-order valence-electron chi connectivity index (χ1n) is 5.83. The largest absolute Gasteiger partial charge is 0.371 e. The van der Waals surface area contributed by atoms with Gasteiger partial charge in [-0.25, -0.2) is 0 Å². The van der Waals surface area contributed by atoms with Crippen LogP contribution in [0.5, 0.6) is 0 Å². The monoisotopic (exact) mass is 203 g/mol. The molecule has 80 valence electrons.